The average molecular weight is 330 g/mol. The van der Waals surface area contributed by atoms with Gasteiger partial charge in [-0.15, -0.1) is 0 Å². The van der Waals surface area contributed by atoms with Gasteiger partial charge >= 0.3 is 0 Å². The van der Waals surface area contributed by atoms with E-state index in [4.69, 9.17) is 20.2 Å². The number of nitrogens with two attached hydrogens (primary N) is 1. The molecule has 2 aliphatic heterocycles. The lowest BCUT2D eigenvalue weighted by Gasteiger charge is -2.43. The summed E-state index contributed by atoms with van der Waals surface area (Å²) in [6.07, 6.45) is 7.60. The molecule has 1 aliphatic carbocycles. The van der Waals surface area contributed by atoms with Gasteiger partial charge in [-0.2, -0.15) is 0 Å². The summed E-state index contributed by atoms with van der Waals surface area (Å²) in [5, 5.41) is 0. The first-order valence-corrected chi connectivity index (χ1v) is 8.45. The molecular weight excluding hydrogens is 304 g/mol. The molecular formula is C18H26N4O2. The molecule has 2 N–H and O–H groups in total. The Balaban J connectivity index is 2.10. The van der Waals surface area contributed by atoms with Crippen LogP contribution < -0.4 is 5.73 Å². The van der Waals surface area contributed by atoms with Crippen molar-refractivity contribution in [2.45, 2.75) is 32.5 Å². The first-order valence-electron chi connectivity index (χ1n) is 8.45. The third-order valence-corrected chi connectivity index (χ3v) is 4.49. The highest BCUT2D eigenvalue weighted by Crippen LogP contribution is 2.43. The molecule has 0 aromatic rings. The normalized spacial score (nSPS) is 28.8. The number of rotatable bonds is 6. The van der Waals surface area contributed by atoms with Crippen molar-refractivity contribution in [3.8, 4) is 0 Å². The predicted molar refractivity (Wildman–Crippen MR) is 95.9 cm³/mol. The van der Waals surface area contributed by atoms with Crippen molar-refractivity contribution >= 4 is 11.9 Å². The Kier molecular flexibility index (Phi) is 4.60. The maximum absolute atomic E-state index is 6.29. The lowest BCUT2D eigenvalue weighted by molar-refractivity contribution is 0.0542. The maximum atomic E-state index is 6.29. The summed E-state index contributed by atoms with van der Waals surface area (Å²) in [5.41, 5.74) is 8.17. The zero-order chi connectivity index (χ0) is 17.3. The average Bonchev–Trinajstić information content (AvgIpc) is 2.86. The molecule has 2 heterocycles. The number of methoxy groups -OCH3 is 1. The van der Waals surface area contributed by atoms with Gasteiger partial charge in [-0.05, 0) is 31.1 Å². The zero-order valence-corrected chi connectivity index (χ0v) is 14.8. The second kappa shape index (κ2) is 6.53. The van der Waals surface area contributed by atoms with Gasteiger partial charge < -0.3 is 15.2 Å². The monoisotopic (exact) mass is 330 g/mol. The number of aliphatic imine (C=N–C) groups is 2. The second-order valence-corrected chi connectivity index (χ2v) is 6.61. The van der Waals surface area contributed by atoms with Crippen molar-refractivity contribution in [1.82, 2.24) is 4.90 Å². The van der Waals surface area contributed by atoms with Gasteiger partial charge in [0.2, 0.25) is 0 Å². The number of dihydropyridines is 1. The van der Waals surface area contributed by atoms with Crippen LogP contribution in [0.4, 0.5) is 0 Å². The van der Waals surface area contributed by atoms with Crippen LogP contribution in [0, 0.1) is 5.92 Å². The SMILES string of the molecule is CCOCC1N=C2C(N)=CC=C3N=CC(OC)=CC32N1CC(C)C. The van der Waals surface area contributed by atoms with Gasteiger partial charge in [-0.3, -0.25) is 14.9 Å². The number of hydrogen-bond donors (Lipinski definition) is 1. The van der Waals surface area contributed by atoms with Crippen molar-refractivity contribution < 1.29 is 9.47 Å². The zero-order valence-electron chi connectivity index (χ0n) is 14.8. The highest BCUT2D eigenvalue weighted by atomic mass is 16.5. The highest BCUT2D eigenvalue weighted by Gasteiger charge is 2.54. The van der Waals surface area contributed by atoms with E-state index >= 15 is 0 Å². The molecule has 0 bridgehead atoms. The van der Waals surface area contributed by atoms with E-state index in [9.17, 15) is 0 Å². The predicted octanol–water partition coefficient (Wildman–Crippen LogP) is 1.86. The topological polar surface area (TPSA) is 72.4 Å². The van der Waals surface area contributed by atoms with Crippen LogP contribution in [0.2, 0.25) is 0 Å². The second-order valence-electron chi connectivity index (χ2n) is 6.61. The third kappa shape index (κ3) is 2.59. The fraction of sp³-hybridized carbons (Fsp3) is 0.556. The third-order valence-electron chi connectivity index (χ3n) is 4.49. The van der Waals surface area contributed by atoms with Crippen molar-refractivity contribution in [3.63, 3.8) is 0 Å². The number of nitrogens with zero attached hydrogens (tertiary/aromatic N) is 3. The van der Waals surface area contributed by atoms with Gasteiger partial charge in [-0.1, -0.05) is 13.8 Å². The number of allylic oxidation sites excluding steroid dienone is 3. The van der Waals surface area contributed by atoms with Crippen LogP contribution in [0.15, 0.2) is 45.4 Å². The fourth-order valence-electron chi connectivity index (χ4n) is 3.49. The van der Waals surface area contributed by atoms with E-state index in [-0.39, 0.29) is 6.17 Å². The molecule has 130 valence electrons. The Morgan fingerprint density at radius 3 is 2.83 bits per heavy atom. The summed E-state index contributed by atoms with van der Waals surface area (Å²) in [4.78, 5) is 11.9. The highest BCUT2D eigenvalue weighted by molar-refractivity contribution is 6.13. The van der Waals surface area contributed by atoms with E-state index < -0.39 is 5.54 Å². The van der Waals surface area contributed by atoms with Crippen LogP contribution in [-0.4, -0.2) is 55.4 Å². The molecule has 0 fully saturated rings. The van der Waals surface area contributed by atoms with E-state index in [0.29, 0.717) is 24.8 Å². The Bertz CT molecular complexity index is 660. The van der Waals surface area contributed by atoms with Gasteiger partial charge in [0.1, 0.15) is 17.5 Å². The molecule has 0 radical (unpaired) electrons. The van der Waals surface area contributed by atoms with Crippen LogP contribution in [0.1, 0.15) is 20.8 Å². The smallest absolute Gasteiger partial charge is 0.135 e. The molecule has 0 aromatic heterocycles. The first-order chi connectivity index (χ1) is 11.5. The summed E-state index contributed by atoms with van der Waals surface area (Å²) in [5.74, 6) is 1.19. The van der Waals surface area contributed by atoms with Crippen molar-refractivity contribution in [2.75, 3.05) is 26.9 Å². The molecule has 24 heavy (non-hydrogen) atoms. The lowest BCUT2D eigenvalue weighted by Crippen LogP contribution is -2.57. The van der Waals surface area contributed by atoms with Crippen LogP contribution in [-0.2, 0) is 9.47 Å². The number of ether oxygens (including phenoxy) is 2. The van der Waals surface area contributed by atoms with E-state index in [2.05, 4.69) is 29.8 Å². The van der Waals surface area contributed by atoms with Crippen LogP contribution >= 0.6 is 0 Å². The van der Waals surface area contributed by atoms with Crippen molar-refractivity contribution in [1.29, 1.82) is 0 Å². The molecule has 3 aliphatic rings. The minimum atomic E-state index is -0.565. The summed E-state index contributed by atoms with van der Waals surface area (Å²) in [7, 11) is 1.65. The standard InChI is InChI=1S/C18H26N4O2/c1-5-24-11-16-21-17-14(19)6-7-15-18(17,22(16)10-12(2)3)8-13(23-4)9-20-15/h6-9,12,16H,5,10-11,19H2,1-4H3. The molecule has 0 aromatic carbocycles. The van der Waals surface area contributed by atoms with Crippen molar-refractivity contribution in [2.24, 2.45) is 21.6 Å². The van der Waals surface area contributed by atoms with E-state index in [1.54, 1.807) is 13.3 Å². The van der Waals surface area contributed by atoms with Gasteiger partial charge in [0.05, 0.1) is 37.0 Å². The van der Waals surface area contributed by atoms with E-state index in [0.717, 1.165) is 23.7 Å². The summed E-state index contributed by atoms with van der Waals surface area (Å²) in [6, 6.07) is 0. The Morgan fingerprint density at radius 2 is 2.17 bits per heavy atom. The first kappa shape index (κ1) is 16.9. The molecule has 3 rings (SSSR count). The molecule has 0 amide bonds. The Morgan fingerprint density at radius 1 is 1.38 bits per heavy atom. The van der Waals surface area contributed by atoms with E-state index in [1.807, 2.05) is 19.1 Å². The van der Waals surface area contributed by atoms with Gasteiger partial charge in [0.25, 0.3) is 0 Å². The van der Waals surface area contributed by atoms with Crippen LogP contribution in [0.3, 0.4) is 0 Å². The van der Waals surface area contributed by atoms with Crippen LogP contribution in [0.25, 0.3) is 0 Å². The summed E-state index contributed by atoms with van der Waals surface area (Å²) in [6.45, 7) is 8.45. The number of hydrogen-bond acceptors (Lipinski definition) is 6. The van der Waals surface area contributed by atoms with Crippen molar-refractivity contribution in [3.05, 3.63) is 35.4 Å². The Hall–Kier alpha value is -1.92. The largest absolute Gasteiger partial charge is 0.495 e. The minimum absolute atomic E-state index is 0.0848. The fourth-order valence-corrected chi connectivity index (χ4v) is 3.49. The molecule has 1 spiro atoms. The van der Waals surface area contributed by atoms with Gasteiger partial charge in [-0.25, -0.2) is 0 Å². The summed E-state index contributed by atoms with van der Waals surface area (Å²) < 4.78 is 11.1. The maximum Gasteiger partial charge on any atom is 0.135 e. The molecule has 6 heteroatoms. The van der Waals surface area contributed by atoms with Crippen LogP contribution in [0.5, 0.6) is 0 Å². The quantitative estimate of drug-likeness (QED) is 0.807. The van der Waals surface area contributed by atoms with Gasteiger partial charge in [0.15, 0.2) is 0 Å². The molecule has 2 atom stereocenters. The minimum Gasteiger partial charge on any atom is -0.495 e. The molecule has 6 nitrogen and oxygen atoms in total. The molecule has 0 saturated carbocycles. The molecule has 2 unspecified atom stereocenters. The lowest BCUT2D eigenvalue weighted by atomic mass is 9.81. The van der Waals surface area contributed by atoms with E-state index in [1.165, 1.54) is 0 Å². The van der Waals surface area contributed by atoms with Gasteiger partial charge in [0, 0.05) is 13.2 Å². The molecule has 0 saturated heterocycles. The summed E-state index contributed by atoms with van der Waals surface area (Å²) >= 11 is 0. The Labute approximate surface area is 143 Å².